The highest BCUT2D eigenvalue weighted by Crippen LogP contribution is 2.25. The topological polar surface area (TPSA) is 98.8 Å². The van der Waals surface area contributed by atoms with E-state index in [1.807, 2.05) is 19.9 Å². The van der Waals surface area contributed by atoms with Gasteiger partial charge in [0.15, 0.2) is 6.10 Å². The maximum Gasteiger partial charge on any atom is 0.338 e. The molecule has 1 atom stereocenters. The molecule has 150 valence electrons. The van der Waals surface area contributed by atoms with Crippen LogP contribution < -0.4 is 9.46 Å². The SMILES string of the molecule is CNS(=O)(=O)c1cc(C(=O)O[C@@H](C)C(=O)c2ccc(C)c(C)c2)ccc1OC. The Labute approximate surface area is 164 Å². The summed E-state index contributed by atoms with van der Waals surface area (Å²) in [5.74, 6) is -1.06. The number of ketones is 1. The maximum atomic E-state index is 12.5. The monoisotopic (exact) mass is 405 g/mol. The smallest absolute Gasteiger partial charge is 0.338 e. The van der Waals surface area contributed by atoms with E-state index in [4.69, 9.17) is 9.47 Å². The molecule has 0 aromatic heterocycles. The lowest BCUT2D eigenvalue weighted by atomic mass is 10.0. The second kappa shape index (κ2) is 8.53. The van der Waals surface area contributed by atoms with Crippen molar-refractivity contribution in [1.82, 2.24) is 4.72 Å². The van der Waals surface area contributed by atoms with Crippen LogP contribution in [0.2, 0.25) is 0 Å². The summed E-state index contributed by atoms with van der Waals surface area (Å²) in [6.07, 6.45) is -1.03. The van der Waals surface area contributed by atoms with E-state index in [0.29, 0.717) is 5.56 Å². The number of esters is 1. The van der Waals surface area contributed by atoms with Gasteiger partial charge in [-0.3, -0.25) is 4.79 Å². The van der Waals surface area contributed by atoms with Gasteiger partial charge in [-0.15, -0.1) is 0 Å². The number of methoxy groups -OCH3 is 1. The summed E-state index contributed by atoms with van der Waals surface area (Å²) < 4.78 is 36.7. The van der Waals surface area contributed by atoms with Crippen LogP contribution >= 0.6 is 0 Å². The number of Topliss-reactive ketones (excluding diaryl/α,β-unsaturated/α-hetero) is 1. The number of aryl methyl sites for hydroxylation is 2. The predicted octanol–water partition coefficient (Wildman–Crippen LogP) is 2.65. The summed E-state index contributed by atoms with van der Waals surface area (Å²) in [6.45, 7) is 5.31. The lowest BCUT2D eigenvalue weighted by Gasteiger charge is -2.14. The van der Waals surface area contributed by atoms with Crippen LogP contribution in [0.25, 0.3) is 0 Å². The molecule has 0 amide bonds. The summed E-state index contributed by atoms with van der Waals surface area (Å²) in [5, 5.41) is 0. The molecule has 0 radical (unpaired) electrons. The second-order valence-electron chi connectivity index (χ2n) is 6.28. The number of hydrogen-bond acceptors (Lipinski definition) is 6. The van der Waals surface area contributed by atoms with Crippen molar-refractivity contribution in [3.63, 3.8) is 0 Å². The number of benzene rings is 2. The first-order chi connectivity index (χ1) is 13.1. The van der Waals surface area contributed by atoms with Crippen LogP contribution in [0.15, 0.2) is 41.3 Å². The molecular weight excluding hydrogens is 382 g/mol. The average Bonchev–Trinajstić information content (AvgIpc) is 2.68. The minimum absolute atomic E-state index is 0.00522. The molecule has 1 N–H and O–H groups in total. The van der Waals surface area contributed by atoms with Crippen LogP contribution in [0.5, 0.6) is 5.75 Å². The molecule has 0 unspecified atom stereocenters. The highest BCUT2D eigenvalue weighted by atomic mass is 32.2. The molecule has 0 saturated carbocycles. The van der Waals surface area contributed by atoms with E-state index in [2.05, 4.69) is 4.72 Å². The van der Waals surface area contributed by atoms with Gasteiger partial charge >= 0.3 is 5.97 Å². The fraction of sp³-hybridized carbons (Fsp3) is 0.300. The van der Waals surface area contributed by atoms with E-state index < -0.39 is 22.1 Å². The Balaban J connectivity index is 2.25. The third-order valence-corrected chi connectivity index (χ3v) is 5.84. The van der Waals surface area contributed by atoms with E-state index in [1.165, 1.54) is 33.2 Å². The molecule has 0 aliphatic carbocycles. The third-order valence-electron chi connectivity index (χ3n) is 4.40. The van der Waals surface area contributed by atoms with E-state index >= 15 is 0 Å². The number of ether oxygens (including phenoxy) is 2. The molecule has 0 bridgehead atoms. The molecule has 0 heterocycles. The van der Waals surface area contributed by atoms with Gasteiger partial charge < -0.3 is 9.47 Å². The molecule has 0 aliphatic heterocycles. The summed E-state index contributed by atoms with van der Waals surface area (Å²) in [4.78, 5) is 24.8. The molecule has 0 saturated heterocycles. The molecule has 28 heavy (non-hydrogen) atoms. The van der Waals surface area contributed by atoms with E-state index in [1.54, 1.807) is 12.1 Å². The zero-order valence-corrected chi connectivity index (χ0v) is 17.2. The van der Waals surface area contributed by atoms with Gasteiger partial charge in [0.05, 0.1) is 12.7 Å². The van der Waals surface area contributed by atoms with Crippen LogP contribution in [0, 0.1) is 13.8 Å². The summed E-state index contributed by atoms with van der Waals surface area (Å²) >= 11 is 0. The number of hydrogen-bond donors (Lipinski definition) is 1. The van der Waals surface area contributed by atoms with Crippen molar-refractivity contribution in [1.29, 1.82) is 0 Å². The van der Waals surface area contributed by atoms with Crippen molar-refractivity contribution in [2.45, 2.75) is 31.8 Å². The first kappa shape index (κ1) is 21.6. The van der Waals surface area contributed by atoms with Gasteiger partial charge in [-0.1, -0.05) is 12.1 Å². The van der Waals surface area contributed by atoms with E-state index in [9.17, 15) is 18.0 Å². The van der Waals surface area contributed by atoms with Crippen molar-refractivity contribution >= 4 is 21.8 Å². The average molecular weight is 405 g/mol. The van der Waals surface area contributed by atoms with Crippen LogP contribution in [0.3, 0.4) is 0 Å². The fourth-order valence-electron chi connectivity index (χ4n) is 2.54. The lowest BCUT2D eigenvalue weighted by Crippen LogP contribution is -2.25. The molecule has 2 aromatic carbocycles. The zero-order valence-electron chi connectivity index (χ0n) is 16.4. The van der Waals surface area contributed by atoms with E-state index in [-0.39, 0.29) is 22.0 Å². The molecule has 0 aliphatic rings. The van der Waals surface area contributed by atoms with Crippen LogP contribution in [0.4, 0.5) is 0 Å². The van der Waals surface area contributed by atoms with Crippen molar-refractivity contribution < 1.29 is 27.5 Å². The standard InChI is InChI=1S/C20H23NO6S/c1-12-6-7-15(10-13(12)2)19(22)14(3)27-20(23)16-8-9-17(26-5)18(11-16)28(24,25)21-4/h6-11,14,21H,1-5H3/t14-/m0/s1. The Morgan fingerprint density at radius 2 is 1.64 bits per heavy atom. The molecule has 2 rings (SSSR count). The van der Waals surface area contributed by atoms with Crippen molar-refractivity contribution in [3.05, 3.63) is 58.7 Å². The van der Waals surface area contributed by atoms with Crippen LogP contribution in [0.1, 0.15) is 38.8 Å². The van der Waals surface area contributed by atoms with Gasteiger partial charge in [-0.25, -0.2) is 17.9 Å². The Bertz CT molecular complexity index is 1010. The van der Waals surface area contributed by atoms with Gasteiger partial charge in [0.1, 0.15) is 10.6 Å². The molecule has 8 heteroatoms. The minimum Gasteiger partial charge on any atom is -0.495 e. The summed E-state index contributed by atoms with van der Waals surface area (Å²) in [7, 11) is -1.26. The normalized spacial score (nSPS) is 12.3. The van der Waals surface area contributed by atoms with Crippen molar-refractivity contribution in [2.75, 3.05) is 14.2 Å². The Morgan fingerprint density at radius 1 is 1.00 bits per heavy atom. The first-order valence-corrected chi connectivity index (χ1v) is 10.0. The van der Waals surface area contributed by atoms with Crippen molar-refractivity contribution in [3.8, 4) is 5.75 Å². The third kappa shape index (κ3) is 4.58. The van der Waals surface area contributed by atoms with E-state index in [0.717, 1.165) is 17.2 Å². The molecule has 0 fully saturated rings. The number of rotatable bonds is 7. The number of carbonyl (C=O) groups excluding carboxylic acids is 2. The molecule has 7 nitrogen and oxygen atoms in total. The van der Waals surface area contributed by atoms with Crippen LogP contribution in [-0.4, -0.2) is 40.4 Å². The number of sulfonamides is 1. The fourth-order valence-corrected chi connectivity index (χ4v) is 3.45. The Kier molecular flexibility index (Phi) is 6.58. The van der Waals surface area contributed by atoms with Gasteiger partial charge in [-0.2, -0.15) is 0 Å². The minimum atomic E-state index is -3.84. The van der Waals surface area contributed by atoms with Crippen LogP contribution in [-0.2, 0) is 14.8 Å². The quantitative estimate of drug-likeness (QED) is 0.562. The highest BCUT2D eigenvalue weighted by molar-refractivity contribution is 7.89. The Morgan fingerprint density at radius 3 is 2.21 bits per heavy atom. The van der Waals surface area contributed by atoms with Gasteiger partial charge in [0.25, 0.3) is 0 Å². The lowest BCUT2D eigenvalue weighted by molar-refractivity contribution is 0.0318. The number of carbonyl (C=O) groups is 2. The van der Waals surface area contributed by atoms with Crippen molar-refractivity contribution in [2.24, 2.45) is 0 Å². The second-order valence-corrected chi connectivity index (χ2v) is 8.14. The maximum absolute atomic E-state index is 12.5. The molecule has 0 spiro atoms. The predicted molar refractivity (Wildman–Crippen MR) is 104 cm³/mol. The van der Waals surface area contributed by atoms with Gasteiger partial charge in [0.2, 0.25) is 15.8 Å². The van der Waals surface area contributed by atoms with Gasteiger partial charge in [0, 0.05) is 5.56 Å². The zero-order chi connectivity index (χ0) is 21.1. The highest BCUT2D eigenvalue weighted by Gasteiger charge is 2.24. The number of nitrogens with one attached hydrogen (secondary N) is 1. The van der Waals surface area contributed by atoms with Gasteiger partial charge in [-0.05, 0) is 63.2 Å². The molecular formula is C20H23NO6S. The largest absolute Gasteiger partial charge is 0.495 e. The summed E-state index contributed by atoms with van der Waals surface area (Å²) in [6, 6.07) is 9.14. The molecule has 2 aromatic rings. The first-order valence-electron chi connectivity index (χ1n) is 8.54. The summed E-state index contributed by atoms with van der Waals surface area (Å²) in [5.41, 5.74) is 2.45. The Hall–Kier alpha value is -2.71.